The first-order valence-corrected chi connectivity index (χ1v) is 9.91. The number of hydrogen-bond acceptors (Lipinski definition) is 4. The zero-order valence-electron chi connectivity index (χ0n) is 17.7. The van der Waals surface area contributed by atoms with Crippen LogP contribution in [-0.2, 0) is 7.05 Å². The Hall–Kier alpha value is -3.94. The van der Waals surface area contributed by atoms with Crippen molar-refractivity contribution in [2.45, 2.75) is 5.92 Å². The topological polar surface area (TPSA) is 93.2 Å². The van der Waals surface area contributed by atoms with Crippen LogP contribution in [0, 0.1) is 0 Å². The molecule has 31 heavy (non-hydrogen) atoms. The third kappa shape index (κ3) is 4.18. The van der Waals surface area contributed by atoms with Crippen LogP contribution in [0.1, 0.15) is 17.0 Å². The summed E-state index contributed by atoms with van der Waals surface area (Å²) in [6, 6.07) is 13.6. The summed E-state index contributed by atoms with van der Waals surface area (Å²) in [5, 5.41) is 10.9. The minimum absolute atomic E-state index is 0.166. The first kappa shape index (κ1) is 20.3. The molecule has 4 rings (SSSR count). The molecule has 2 amide bonds. The second-order valence-electron chi connectivity index (χ2n) is 7.16. The van der Waals surface area contributed by atoms with Crippen LogP contribution in [0.5, 0.6) is 11.5 Å². The summed E-state index contributed by atoms with van der Waals surface area (Å²) in [7, 11) is 5.03. The van der Waals surface area contributed by atoms with E-state index in [9.17, 15) is 4.79 Å². The average molecular weight is 419 g/mol. The summed E-state index contributed by atoms with van der Waals surface area (Å²) in [4.78, 5) is 15.9. The van der Waals surface area contributed by atoms with Gasteiger partial charge in [-0.2, -0.15) is 5.10 Å². The second kappa shape index (κ2) is 8.83. The number of aromatic amines is 1. The van der Waals surface area contributed by atoms with Crippen LogP contribution < -0.4 is 20.1 Å². The van der Waals surface area contributed by atoms with Gasteiger partial charge >= 0.3 is 6.03 Å². The predicted molar refractivity (Wildman–Crippen MR) is 120 cm³/mol. The van der Waals surface area contributed by atoms with E-state index in [1.807, 2.05) is 42.6 Å². The molecule has 1 atom stereocenters. The molecule has 0 saturated carbocycles. The summed E-state index contributed by atoms with van der Waals surface area (Å²) in [5.41, 5.74) is 3.64. The van der Waals surface area contributed by atoms with Crippen molar-refractivity contribution in [1.82, 2.24) is 20.1 Å². The van der Waals surface area contributed by atoms with Crippen LogP contribution in [0.15, 0.2) is 61.1 Å². The zero-order chi connectivity index (χ0) is 21.8. The van der Waals surface area contributed by atoms with E-state index in [1.165, 1.54) is 0 Å². The molecule has 8 nitrogen and oxygen atoms in total. The third-order valence-electron chi connectivity index (χ3n) is 5.23. The highest BCUT2D eigenvalue weighted by atomic mass is 16.5. The highest BCUT2D eigenvalue weighted by Crippen LogP contribution is 2.40. The molecule has 0 aliphatic carbocycles. The van der Waals surface area contributed by atoms with Gasteiger partial charge in [-0.3, -0.25) is 4.68 Å². The number of ether oxygens (including phenoxy) is 2. The van der Waals surface area contributed by atoms with Crippen molar-refractivity contribution < 1.29 is 14.3 Å². The number of rotatable bonds is 7. The Bertz CT molecular complexity index is 1200. The van der Waals surface area contributed by atoms with Gasteiger partial charge in [-0.1, -0.05) is 30.3 Å². The van der Waals surface area contributed by atoms with Crippen molar-refractivity contribution in [3.8, 4) is 11.5 Å². The van der Waals surface area contributed by atoms with Gasteiger partial charge in [-0.15, -0.1) is 0 Å². The maximum absolute atomic E-state index is 12.5. The Kier molecular flexibility index (Phi) is 5.79. The number of carbonyl (C=O) groups excluding carboxylic acids is 1. The molecule has 4 aromatic rings. The minimum Gasteiger partial charge on any atom is -0.493 e. The number of H-pyrrole nitrogens is 1. The Balaban J connectivity index is 1.67. The molecule has 0 saturated heterocycles. The first-order valence-electron chi connectivity index (χ1n) is 9.91. The van der Waals surface area contributed by atoms with Crippen LogP contribution in [0.3, 0.4) is 0 Å². The molecule has 160 valence electrons. The fourth-order valence-corrected chi connectivity index (χ4v) is 3.81. The van der Waals surface area contributed by atoms with Crippen LogP contribution in [0.25, 0.3) is 10.9 Å². The van der Waals surface area contributed by atoms with E-state index in [1.54, 1.807) is 38.3 Å². The standard InChI is InChI=1S/C23H25N5O3/c1-28-14-15(11-26-28)27-23(29)25-13-19(17-8-6-10-21(30-2)22(17)31-3)18-12-24-20-9-5-4-7-16(18)20/h4-12,14,19,24H,13H2,1-3H3,(H2,25,27,29). The number of methoxy groups -OCH3 is 2. The highest BCUT2D eigenvalue weighted by molar-refractivity contribution is 5.89. The van der Waals surface area contributed by atoms with E-state index in [0.29, 0.717) is 23.7 Å². The van der Waals surface area contributed by atoms with Crippen molar-refractivity contribution >= 4 is 22.6 Å². The van der Waals surface area contributed by atoms with Gasteiger partial charge in [0.1, 0.15) is 0 Å². The first-order chi connectivity index (χ1) is 15.1. The van der Waals surface area contributed by atoms with Crippen LogP contribution in [0.2, 0.25) is 0 Å². The lowest BCUT2D eigenvalue weighted by atomic mass is 9.90. The van der Waals surface area contributed by atoms with Gasteiger partial charge in [0.15, 0.2) is 11.5 Å². The number of aromatic nitrogens is 3. The summed E-state index contributed by atoms with van der Waals surface area (Å²) >= 11 is 0. The number of aryl methyl sites for hydroxylation is 1. The smallest absolute Gasteiger partial charge is 0.319 e. The normalized spacial score (nSPS) is 11.8. The Morgan fingerprint density at radius 1 is 1.13 bits per heavy atom. The molecule has 2 heterocycles. The van der Waals surface area contributed by atoms with Gasteiger partial charge < -0.3 is 25.1 Å². The number of carbonyl (C=O) groups is 1. The number of urea groups is 1. The molecule has 0 radical (unpaired) electrons. The third-order valence-corrected chi connectivity index (χ3v) is 5.23. The number of anilines is 1. The van der Waals surface area contributed by atoms with E-state index in [2.05, 4.69) is 26.8 Å². The summed E-state index contributed by atoms with van der Waals surface area (Å²) in [6.45, 7) is 0.359. The Labute approximate surface area is 180 Å². The predicted octanol–water partition coefficient (Wildman–Crippen LogP) is 3.87. The van der Waals surface area contributed by atoms with E-state index >= 15 is 0 Å². The molecule has 3 N–H and O–H groups in total. The Morgan fingerprint density at radius 2 is 1.97 bits per heavy atom. The summed E-state index contributed by atoms with van der Waals surface area (Å²) in [6.07, 6.45) is 5.32. The molecule has 0 spiro atoms. The lowest BCUT2D eigenvalue weighted by molar-refractivity contribution is 0.251. The molecule has 1 unspecified atom stereocenters. The summed E-state index contributed by atoms with van der Waals surface area (Å²) in [5.74, 6) is 1.13. The number of nitrogens with zero attached hydrogens (tertiary/aromatic N) is 2. The monoisotopic (exact) mass is 419 g/mol. The molecule has 0 bridgehead atoms. The fraction of sp³-hybridized carbons (Fsp3) is 0.217. The van der Waals surface area contributed by atoms with Gasteiger partial charge in [0.25, 0.3) is 0 Å². The maximum atomic E-state index is 12.5. The summed E-state index contributed by atoms with van der Waals surface area (Å²) < 4.78 is 12.8. The highest BCUT2D eigenvalue weighted by Gasteiger charge is 2.24. The fourth-order valence-electron chi connectivity index (χ4n) is 3.81. The van der Waals surface area contributed by atoms with Gasteiger partial charge in [-0.25, -0.2) is 4.79 Å². The largest absolute Gasteiger partial charge is 0.493 e. The minimum atomic E-state index is -0.306. The number of para-hydroxylation sites is 2. The number of nitrogens with one attached hydrogen (secondary N) is 3. The molecule has 2 aromatic heterocycles. The lowest BCUT2D eigenvalue weighted by Crippen LogP contribution is -2.32. The number of benzene rings is 2. The van der Waals surface area contributed by atoms with E-state index < -0.39 is 0 Å². The molecule has 0 aliphatic rings. The Morgan fingerprint density at radius 3 is 2.71 bits per heavy atom. The van der Waals surface area contributed by atoms with E-state index in [4.69, 9.17) is 9.47 Å². The quantitative estimate of drug-likeness (QED) is 0.424. The van der Waals surface area contributed by atoms with Crippen LogP contribution in [0.4, 0.5) is 10.5 Å². The number of amides is 2. The maximum Gasteiger partial charge on any atom is 0.319 e. The SMILES string of the molecule is COc1cccc(C(CNC(=O)Nc2cnn(C)c2)c2c[nH]c3ccccc23)c1OC. The molecular formula is C23H25N5O3. The van der Waals surface area contributed by atoms with E-state index in [-0.39, 0.29) is 11.9 Å². The van der Waals surface area contributed by atoms with Crippen LogP contribution in [-0.4, -0.2) is 41.6 Å². The van der Waals surface area contributed by atoms with Crippen molar-refractivity contribution in [3.63, 3.8) is 0 Å². The van der Waals surface area contributed by atoms with E-state index in [0.717, 1.165) is 22.0 Å². The second-order valence-corrected chi connectivity index (χ2v) is 7.16. The van der Waals surface area contributed by atoms with Crippen molar-refractivity contribution in [2.75, 3.05) is 26.1 Å². The van der Waals surface area contributed by atoms with Crippen molar-refractivity contribution in [3.05, 3.63) is 72.2 Å². The number of hydrogen-bond donors (Lipinski definition) is 3. The molecule has 8 heteroatoms. The zero-order valence-corrected chi connectivity index (χ0v) is 17.7. The van der Waals surface area contributed by atoms with Gasteiger partial charge in [0.2, 0.25) is 0 Å². The molecule has 0 fully saturated rings. The van der Waals surface area contributed by atoms with Crippen LogP contribution >= 0.6 is 0 Å². The lowest BCUT2D eigenvalue weighted by Gasteiger charge is -2.22. The molecule has 0 aliphatic heterocycles. The van der Waals surface area contributed by atoms with Gasteiger partial charge in [0, 0.05) is 48.4 Å². The average Bonchev–Trinajstić information content (AvgIpc) is 3.39. The molecule has 2 aromatic carbocycles. The van der Waals surface area contributed by atoms with Gasteiger partial charge in [-0.05, 0) is 17.7 Å². The van der Waals surface area contributed by atoms with Crippen molar-refractivity contribution in [2.24, 2.45) is 7.05 Å². The van der Waals surface area contributed by atoms with Gasteiger partial charge in [0.05, 0.1) is 26.1 Å². The number of fused-ring (bicyclic) bond motifs is 1. The van der Waals surface area contributed by atoms with Crippen molar-refractivity contribution in [1.29, 1.82) is 0 Å². The molecular weight excluding hydrogens is 394 g/mol.